The number of sulfonamides is 1. The van der Waals surface area contributed by atoms with E-state index in [4.69, 9.17) is 11.6 Å². The number of nitrogens with zero attached hydrogens (tertiary/aromatic N) is 2. The normalized spacial score (nSPS) is 18.4. The first kappa shape index (κ1) is 23.1. The highest BCUT2D eigenvalue weighted by molar-refractivity contribution is 7.89. The largest absolute Gasteiger partial charge is 0.352 e. The van der Waals surface area contributed by atoms with Crippen molar-refractivity contribution in [3.05, 3.63) is 28.8 Å². The van der Waals surface area contributed by atoms with Gasteiger partial charge in [0.15, 0.2) is 0 Å². The Labute approximate surface area is 174 Å². The molecular weight excluding hydrogens is 398 g/mol. The van der Waals surface area contributed by atoms with Crippen molar-refractivity contribution < 1.29 is 13.2 Å². The van der Waals surface area contributed by atoms with Crippen molar-refractivity contribution in [2.45, 2.75) is 57.4 Å². The van der Waals surface area contributed by atoms with Gasteiger partial charge in [0.2, 0.25) is 10.0 Å². The molecule has 0 aromatic heterocycles. The Hall–Kier alpha value is -1.15. The maximum atomic E-state index is 12.8. The zero-order valence-corrected chi connectivity index (χ0v) is 18.7. The average Bonchev–Trinajstić information content (AvgIpc) is 2.67. The highest BCUT2D eigenvalue weighted by Gasteiger charge is 2.25. The van der Waals surface area contributed by atoms with Crippen LogP contribution in [0.1, 0.15) is 56.8 Å². The van der Waals surface area contributed by atoms with Crippen LogP contribution in [0.5, 0.6) is 0 Å². The van der Waals surface area contributed by atoms with E-state index >= 15 is 0 Å². The number of amides is 1. The number of hydrogen-bond donors (Lipinski definition) is 1. The molecule has 158 valence electrons. The number of rotatable bonds is 9. The molecule has 1 aromatic carbocycles. The molecule has 1 aliphatic rings. The van der Waals surface area contributed by atoms with Gasteiger partial charge in [0.25, 0.3) is 5.91 Å². The molecule has 0 spiro atoms. The molecule has 8 heteroatoms. The van der Waals surface area contributed by atoms with E-state index in [2.05, 4.69) is 17.1 Å². The molecular formula is C20H32ClN3O3S. The lowest BCUT2D eigenvalue weighted by atomic mass is 10.0. The topological polar surface area (TPSA) is 69.7 Å². The fraction of sp³-hybridized carbons (Fsp3) is 0.650. The van der Waals surface area contributed by atoms with E-state index in [9.17, 15) is 13.2 Å². The van der Waals surface area contributed by atoms with Gasteiger partial charge in [0.05, 0.1) is 5.02 Å². The first-order chi connectivity index (χ1) is 13.3. The van der Waals surface area contributed by atoms with Crippen LogP contribution in [0.3, 0.4) is 0 Å². The van der Waals surface area contributed by atoms with E-state index in [0.717, 1.165) is 19.5 Å². The zero-order chi connectivity index (χ0) is 20.7. The van der Waals surface area contributed by atoms with E-state index in [-0.39, 0.29) is 15.8 Å². The van der Waals surface area contributed by atoms with E-state index in [1.165, 1.54) is 35.7 Å². The Balaban J connectivity index is 1.98. The summed E-state index contributed by atoms with van der Waals surface area (Å²) in [4.78, 5) is 14.9. The lowest BCUT2D eigenvalue weighted by Crippen LogP contribution is -2.39. The van der Waals surface area contributed by atoms with E-state index in [1.807, 2.05) is 0 Å². The minimum absolute atomic E-state index is 0.0207. The van der Waals surface area contributed by atoms with Gasteiger partial charge in [-0.15, -0.1) is 0 Å². The Morgan fingerprint density at radius 3 is 2.64 bits per heavy atom. The van der Waals surface area contributed by atoms with E-state index in [0.29, 0.717) is 31.2 Å². The Morgan fingerprint density at radius 1 is 1.29 bits per heavy atom. The van der Waals surface area contributed by atoms with Crippen LogP contribution in [-0.2, 0) is 10.0 Å². The molecule has 0 aliphatic carbocycles. The van der Waals surface area contributed by atoms with Gasteiger partial charge in [0, 0.05) is 37.8 Å². The predicted molar refractivity (Wildman–Crippen MR) is 113 cm³/mol. The number of piperidine rings is 1. The first-order valence-corrected chi connectivity index (χ1v) is 11.9. The lowest BCUT2D eigenvalue weighted by molar-refractivity contribution is 0.0948. The number of carbonyl (C=O) groups excluding carboxylic acids is 1. The standard InChI is InChI=1S/C20H32ClN3O3S/c1-4-24(5-2)28(26,27)19-15-17(10-11-18(19)21)20(25)22-12-8-14-23-13-7-6-9-16(23)3/h10-11,15-16H,4-9,12-14H2,1-3H3,(H,22,25)/t16-/m0/s1. The molecule has 1 N–H and O–H groups in total. The first-order valence-electron chi connectivity index (χ1n) is 10.1. The summed E-state index contributed by atoms with van der Waals surface area (Å²) < 4.78 is 26.9. The summed E-state index contributed by atoms with van der Waals surface area (Å²) in [7, 11) is -3.72. The maximum Gasteiger partial charge on any atom is 0.251 e. The fourth-order valence-corrected chi connectivity index (χ4v) is 5.58. The molecule has 2 rings (SSSR count). The van der Waals surface area contributed by atoms with Crippen LogP contribution in [0.4, 0.5) is 0 Å². The Bertz CT molecular complexity index is 766. The summed E-state index contributed by atoms with van der Waals surface area (Å²) in [5.41, 5.74) is 0.307. The number of carbonyl (C=O) groups is 1. The molecule has 0 saturated carbocycles. The van der Waals surface area contributed by atoms with Gasteiger partial charge < -0.3 is 10.2 Å². The lowest BCUT2D eigenvalue weighted by Gasteiger charge is -2.33. The third-order valence-corrected chi connectivity index (χ3v) is 7.90. The fourth-order valence-electron chi connectivity index (χ4n) is 3.62. The van der Waals surface area contributed by atoms with Gasteiger partial charge in [-0.2, -0.15) is 4.31 Å². The molecule has 0 bridgehead atoms. The van der Waals surface area contributed by atoms with Crippen molar-refractivity contribution >= 4 is 27.5 Å². The monoisotopic (exact) mass is 429 g/mol. The SMILES string of the molecule is CCN(CC)S(=O)(=O)c1cc(C(=O)NCCCN2CCCC[C@@H]2C)ccc1Cl. The number of likely N-dealkylation sites (tertiary alicyclic amines) is 1. The van der Waals surface area contributed by atoms with Crippen molar-refractivity contribution in [3.63, 3.8) is 0 Å². The smallest absolute Gasteiger partial charge is 0.251 e. The van der Waals surface area contributed by atoms with Gasteiger partial charge in [-0.3, -0.25) is 4.79 Å². The van der Waals surface area contributed by atoms with Gasteiger partial charge >= 0.3 is 0 Å². The van der Waals surface area contributed by atoms with Crippen LogP contribution in [0.25, 0.3) is 0 Å². The minimum Gasteiger partial charge on any atom is -0.352 e. The van der Waals surface area contributed by atoms with Crippen molar-refractivity contribution in [1.29, 1.82) is 0 Å². The zero-order valence-electron chi connectivity index (χ0n) is 17.1. The molecule has 1 heterocycles. The number of nitrogens with one attached hydrogen (secondary N) is 1. The van der Waals surface area contributed by atoms with E-state index in [1.54, 1.807) is 19.9 Å². The highest BCUT2D eigenvalue weighted by atomic mass is 35.5. The maximum absolute atomic E-state index is 12.8. The number of benzene rings is 1. The van der Waals surface area contributed by atoms with Gasteiger partial charge in [0.1, 0.15) is 4.90 Å². The van der Waals surface area contributed by atoms with Crippen LogP contribution in [0.15, 0.2) is 23.1 Å². The summed E-state index contributed by atoms with van der Waals surface area (Å²) >= 11 is 6.13. The molecule has 1 aliphatic heterocycles. The van der Waals surface area contributed by atoms with E-state index < -0.39 is 10.0 Å². The highest BCUT2D eigenvalue weighted by Crippen LogP contribution is 2.26. The van der Waals surface area contributed by atoms with Crippen molar-refractivity contribution in [2.75, 3.05) is 32.7 Å². The van der Waals surface area contributed by atoms with Crippen molar-refractivity contribution in [1.82, 2.24) is 14.5 Å². The Kier molecular flexibility index (Phi) is 8.74. The van der Waals surface area contributed by atoms with Crippen LogP contribution in [-0.4, -0.2) is 62.3 Å². The third kappa shape index (κ3) is 5.69. The quantitative estimate of drug-likeness (QED) is 0.611. The molecule has 1 amide bonds. The second kappa shape index (κ2) is 10.6. The molecule has 1 atom stereocenters. The summed E-state index contributed by atoms with van der Waals surface area (Å²) in [6, 6.07) is 5.01. The minimum atomic E-state index is -3.72. The molecule has 1 aromatic rings. The number of hydrogen-bond acceptors (Lipinski definition) is 4. The number of halogens is 1. The molecule has 1 saturated heterocycles. The molecule has 0 radical (unpaired) electrons. The van der Waals surface area contributed by atoms with Crippen LogP contribution >= 0.6 is 11.6 Å². The molecule has 6 nitrogen and oxygen atoms in total. The van der Waals surface area contributed by atoms with Crippen molar-refractivity contribution in [2.24, 2.45) is 0 Å². The second-order valence-corrected chi connectivity index (χ2v) is 9.54. The van der Waals surface area contributed by atoms with Gasteiger partial charge in [-0.25, -0.2) is 8.42 Å². The van der Waals surface area contributed by atoms with Gasteiger partial charge in [-0.05, 0) is 50.9 Å². The predicted octanol–water partition coefficient (Wildman–Crippen LogP) is 3.36. The van der Waals surface area contributed by atoms with Crippen LogP contribution < -0.4 is 5.32 Å². The second-order valence-electron chi connectivity index (χ2n) is 7.22. The molecule has 28 heavy (non-hydrogen) atoms. The third-order valence-electron chi connectivity index (χ3n) is 5.36. The summed E-state index contributed by atoms with van der Waals surface area (Å²) in [6.07, 6.45) is 4.64. The molecule has 0 unspecified atom stereocenters. The summed E-state index contributed by atoms with van der Waals surface area (Å²) in [5, 5.41) is 3.02. The van der Waals surface area contributed by atoms with Crippen LogP contribution in [0.2, 0.25) is 5.02 Å². The average molecular weight is 430 g/mol. The van der Waals surface area contributed by atoms with Crippen molar-refractivity contribution in [3.8, 4) is 0 Å². The summed E-state index contributed by atoms with van der Waals surface area (Å²) in [5.74, 6) is -0.278. The van der Waals surface area contributed by atoms with Gasteiger partial charge in [-0.1, -0.05) is 31.9 Å². The molecule has 1 fully saturated rings. The summed E-state index contributed by atoms with van der Waals surface area (Å²) in [6.45, 7) is 9.14. The van der Waals surface area contributed by atoms with Crippen LogP contribution in [0, 0.1) is 0 Å². The Morgan fingerprint density at radius 2 is 2.00 bits per heavy atom.